The Bertz CT molecular complexity index is 996. The number of fused-ring (bicyclic) bond motifs is 1. The van der Waals surface area contributed by atoms with Gasteiger partial charge in [-0.2, -0.15) is 0 Å². The number of hydrogen-bond donors (Lipinski definition) is 2. The fraction of sp³-hybridized carbons (Fsp3) is 0.286. The van der Waals surface area contributed by atoms with Crippen molar-refractivity contribution in [1.82, 2.24) is 19.8 Å². The first-order valence-electron chi connectivity index (χ1n) is 9.39. The van der Waals surface area contributed by atoms with Gasteiger partial charge in [0.1, 0.15) is 6.33 Å². The van der Waals surface area contributed by atoms with Gasteiger partial charge in [0.15, 0.2) is 0 Å². The van der Waals surface area contributed by atoms with Crippen LogP contribution in [0.4, 0.5) is 4.79 Å². The molecule has 0 radical (unpaired) electrons. The molecule has 0 bridgehead atoms. The van der Waals surface area contributed by atoms with Crippen molar-refractivity contribution in [1.29, 1.82) is 0 Å². The second kappa shape index (κ2) is 7.72. The topological polar surface area (TPSA) is 87.5 Å². The van der Waals surface area contributed by atoms with Crippen LogP contribution in [-0.2, 0) is 11.3 Å². The largest absolute Gasteiger partial charge is 0.481 e. The first-order chi connectivity index (χ1) is 13.6. The zero-order chi connectivity index (χ0) is 19.5. The van der Waals surface area contributed by atoms with Gasteiger partial charge in [-0.3, -0.25) is 9.36 Å². The van der Waals surface area contributed by atoms with Crippen LogP contribution in [0.25, 0.3) is 16.7 Å². The molecule has 2 heterocycles. The molecule has 2 N–H and O–H groups in total. The molecule has 1 fully saturated rings. The molecule has 3 aromatic rings. The number of carboxylic acids is 1. The summed E-state index contributed by atoms with van der Waals surface area (Å²) in [5.41, 5.74) is 3.97. The van der Waals surface area contributed by atoms with E-state index in [1.54, 1.807) is 11.2 Å². The number of piperidine rings is 1. The number of nitrogens with zero attached hydrogens (tertiary/aromatic N) is 3. The van der Waals surface area contributed by atoms with Crippen molar-refractivity contribution in [2.45, 2.75) is 19.4 Å². The molecule has 1 aliphatic heterocycles. The van der Waals surface area contributed by atoms with E-state index >= 15 is 0 Å². The number of hydrogen-bond acceptors (Lipinski definition) is 3. The Morgan fingerprint density at radius 1 is 1.14 bits per heavy atom. The highest BCUT2D eigenvalue weighted by Crippen LogP contribution is 2.19. The lowest BCUT2D eigenvalue weighted by atomic mass is 9.99. The van der Waals surface area contributed by atoms with E-state index in [0.717, 1.165) is 28.7 Å². The Morgan fingerprint density at radius 3 is 2.71 bits per heavy atom. The number of nitrogens with one attached hydrogen (secondary N) is 1. The summed E-state index contributed by atoms with van der Waals surface area (Å²) in [7, 11) is 0. The van der Waals surface area contributed by atoms with E-state index in [2.05, 4.69) is 10.3 Å². The molecule has 2 amide bonds. The minimum atomic E-state index is -0.833. The van der Waals surface area contributed by atoms with Gasteiger partial charge in [0, 0.05) is 25.3 Å². The summed E-state index contributed by atoms with van der Waals surface area (Å²) in [6.07, 6.45) is 3.15. The highest BCUT2D eigenvalue weighted by atomic mass is 16.4. The SMILES string of the molecule is O=C(O)C1CCCN(C(=O)NCc2ccc(-n3cnc4ccccc43)cc2)C1. The van der Waals surface area contributed by atoms with Crippen LogP contribution < -0.4 is 5.32 Å². The van der Waals surface area contributed by atoms with Crippen molar-refractivity contribution < 1.29 is 14.7 Å². The van der Waals surface area contributed by atoms with Gasteiger partial charge in [-0.1, -0.05) is 24.3 Å². The van der Waals surface area contributed by atoms with Crippen LogP contribution in [0.1, 0.15) is 18.4 Å². The van der Waals surface area contributed by atoms with Gasteiger partial charge in [0.05, 0.1) is 17.0 Å². The van der Waals surface area contributed by atoms with Crippen LogP contribution in [0.3, 0.4) is 0 Å². The van der Waals surface area contributed by atoms with Crippen molar-refractivity contribution in [3.05, 3.63) is 60.4 Å². The molecule has 1 aliphatic rings. The molecule has 0 saturated carbocycles. The summed E-state index contributed by atoms with van der Waals surface area (Å²) in [5, 5.41) is 12.0. The maximum atomic E-state index is 12.3. The van der Waals surface area contributed by atoms with E-state index in [9.17, 15) is 9.59 Å². The Morgan fingerprint density at radius 2 is 1.93 bits per heavy atom. The fourth-order valence-electron chi connectivity index (χ4n) is 3.59. The van der Waals surface area contributed by atoms with E-state index in [1.807, 2.05) is 53.1 Å². The molecular weight excluding hydrogens is 356 g/mol. The highest BCUT2D eigenvalue weighted by Gasteiger charge is 2.27. The van der Waals surface area contributed by atoms with Gasteiger partial charge in [-0.25, -0.2) is 9.78 Å². The maximum absolute atomic E-state index is 12.3. The number of aliphatic carboxylic acids is 1. The van der Waals surface area contributed by atoms with E-state index in [4.69, 9.17) is 5.11 Å². The molecule has 28 heavy (non-hydrogen) atoms. The predicted octanol–water partition coefficient (Wildman–Crippen LogP) is 3.03. The second-order valence-electron chi connectivity index (χ2n) is 7.05. The van der Waals surface area contributed by atoms with Crippen LogP contribution in [-0.4, -0.2) is 44.6 Å². The van der Waals surface area contributed by atoms with Crippen molar-refractivity contribution in [2.24, 2.45) is 5.92 Å². The van der Waals surface area contributed by atoms with E-state index in [-0.39, 0.29) is 12.6 Å². The molecule has 2 aromatic carbocycles. The number of para-hydroxylation sites is 2. The number of carbonyl (C=O) groups is 2. The molecular formula is C21H22N4O3. The maximum Gasteiger partial charge on any atom is 0.317 e. The van der Waals surface area contributed by atoms with Crippen LogP contribution in [0.15, 0.2) is 54.9 Å². The third-order valence-corrected chi connectivity index (χ3v) is 5.17. The van der Waals surface area contributed by atoms with Crippen molar-refractivity contribution in [3.63, 3.8) is 0 Å². The molecule has 0 spiro atoms. The molecule has 0 aliphatic carbocycles. The Balaban J connectivity index is 1.38. The van der Waals surface area contributed by atoms with Crippen LogP contribution in [0.5, 0.6) is 0 Å². The monoisotopic (exact) mass is 378 g/mol. The van der Waals surface area contributed by atoms with Gasteiger partial charge in [-0.15, -0.1) is 0 Å². The second-order valence-corrected chi connectivity index (χ2v) is 7.05. The predicted molar refractivity (Wildman–Crippen MR) is 105 cm³/mol. The average molecular weight is 378 g/mol. The zero-order valence-corrected chi connectivity index (χ0v) is 15.4. The van der Waals surface area contributed by atoms with E-state index in [0.29, 0.717) is 19.5 Å². The Hall–Kier alpha value is -3.35. The number of rotatable bonds is 4. The number of carboxylic acid groups (broad SMARTS) is 1. The third-order valence-electron chi connectivity index (χ3n) is 5.17. The lowest BCUT2D eigenvalue weighted by Crippen LogP contribution is -2.46. The average Bonchev–Trinajstić information content (AvgIpc) is 3.16. The Kier molecular flexibility index (Phi) is 4.97. The molecule has 4 rings (SSSR count). The third kappa shape index (κ3) is 3.69. The summed E-state index contributed by atoms with van der Waals surface area (Å²) < 4.78 is 2.03. The zero-order valence-electron chi connectivity index (χ0n) is 15.4. The Labute approximate surface area is 162 Å². The lowest BCUT2D eigenvalue weighted by molar-refractivity contribution is -0.143. The first kappa shape index (κ1) is 18.0. The number of urea groups is 1. The number of carbonyl (C=O) groups excluding carboxylic acids is 1. The number of benzene rings is 2. The first-order valence-corrected chi connectivity index (χ1v) is 9.39. The van der Waals surface area contributed by atoms with E-state index < -0.39 is 11.9 Å². The van der Waals surface area contributed by atoms with Crippen molar-refractivity contribution in [3.8, 4) is 5.69 Å². The number of aromatic nitrogens is 2. The number of imidazole rings is 1. The van der Waals surface area contributed by atoms with Gasteiger partial charge in [0.25, 0.3) is 0 Å². The lowest BCUT2D eigenvalue weighted by Gasteiger charge is -2.30. The smallest absolute Gasteiger partial charge is 0.317 e. The minimum Gasteiger partial charge on any atom is -0.481 e. The quantitative estimate of drug-likeness (QED) is 0.730. The summed E-state index contributed by atoms with van der Waals surface area (Å²) in [6, 6.07) is 15.7. The number of amides is 2. The van der Waals surface area contributed by atoms with Crippen molar-refractivity contribution in [2.75, 3.05) is 13.1 Å². The van der Waals surface area contributed by atoms with Crippen molar-refractivity contribution >= 4 is 23.0 Å². The van der Waals surface area contributed by atoms with Gasteiger partial charge >= 0.3 is 12.0 Å². The normalized spacial score (nSPS) is 16.9. The van der Waals surface area contributed by atoms with E-state index in [1.165, 1.54) is 0 Å². The molecule has 7 heteroatoms. The standard InChI is InChI=1S/C21H22N4O3/c26-20(27)16-4-3-11-24(13-16)21(28)22-12-15-7-9-17(10-8-15)25-14-23-18-5-1-2-6-19(18)25/h1-2,5-10,14,16H,3-4,11-13H2,(H,22,28)(H,26,27). The molecule has 1 atom stereocenters. The van der Waals surface area contributed by atoms with Crippen LogP contribution in [0, 0.1) is 5.92 Å². The fourth-order valence-corrected chi connectivity index (χ4v) is 3.59. The molecule has 1 unspecified atom stereocenters. The molecule has 144 valence electrons. The van der Waals surface area contributed by atoms with Gasteiger partial charge in [0.2, 0.25) is 0 Å². The van der Waals surface area contributed by atoms with Crippen LogP contribution >= 0.6 is 0 Å². The van der Waals surface area contributed by atoms with Gasteiger partial charge in [-0.05, 0) is 42.7 Å². The molecule has 1 saturated heterocycles. The minimum absolute atomic E-state index is 0.212. The summed E-state index contributed by atoms with van der Waals surface area (Å²) in [5.74, 6) is -1.30. The summed E-state index contributed by atoms with van der Waals surface area (Å²) in [6.45, 7) is 1.27. The van der Waals surface area contributed by atoms with Crippen LogP contribution in [0.2, 0.25) is 0 Å². The highest BCUT2D eigenvalue weighted by molar-refractivity contribution is 5.77. The summed E-state index contributed by atoms with van der Waals surface area (Å²) >= 11 is 0. The van der Waals surface area contributed by atoms with Gasteiger partial charge < -0.3 is 15.3 Å². The molecule has 7 nitrogen and oxygen atoms in total. The number of likely N-dealkylation sites (tertiary alicyclic amines) is 1. The molecule has 1 aromatic heterocycles. The summed E-state index contributed by atoms with van der Waals surface area (Å²) in [4.78, 5) is 29.5.